The number of unbranched alkanes of at least 4 members (excludes halogenated alkanes) is 1. The molecule has 0 atom stereocenters. The Morgan fingerprint density at radius 2 is 1.80 bits per heavy atom. The summed E-state index contributed by atoms with van der Waals surface area (Å²) in [5.74, 6) is 0. The van der Waals surface area contributed by atoms with E-state index in [1.807, 2.05) is 0 Å². The molecule has 1 saturated heterocycles. The van der Waals surface area contributed by atoms with E-state index in [2.05, 4.69) is 10.2 Å². The predicted molar refractivity (Wildman–Crippen MR) is 64.5 cm³/mol. The lowest BCUT2D eigenvalue weighted by Crippen LogP contribution is -2.43. The standard InChI is InChI=1S/C10H24N2O2Si/c1-13-15(14-2)10-4-3-7-12-8-5-11-6-9-12/h11,15H,3-10H2,1-2H3. The summed E-state index contributed by atoms with van der Waals surface area (Å²) < 4.78 is 10.6. The van der Waals surface area contributed by atoms with Crippen molar-refractivity contribution in [1.29, 1.82) is 0 Å². The normalized spacial score (nSPS) is 18.6. The summed E-state index contributed by atoms with van der Waals surface area (Å²) in [7, 11) is 2.22. The van der Waals surface area contributed by atoms with Crippen molar-refractivity contribution in [2.75, 3.05) is 46.9 Å². The summed E-state index contributed by atoms with van der Waals surface area (Å²) in [5, 5.41) is 3.37. The van der Waals surface area contributed by atoms with E-state index in [1.165, 1.54) is 32.5 Å². The second-order valence-electron chi connectivity index (χ2n) is 3.99. The highest BCUT2D eigenvalue weighted by molar-refractivity contribution is 6.44. The highest BCUT2D eigenvalue weighted by atomic mass is 28.3. The van der Waals surface area contributed by atoms with Crippen LogP contribution in [0.5, 0.6) is 0 Å². The Balaban J connectivity index is 1.95. The molecule has 0 unspecified atom stereocenters. The lowest BCUT2D eigenvalue weighted by molar-refractivity contribution is 0.235. The first kappa shape index (κ1) is 13.1. The molecule has 0 amide bonds. The van der Waals surface area contributed by atoms with Crippen LogP contribution < -0.4 is 5.32 Å². The van der Waals surface area contributed by atoms with Crippen molar-refractivity contribution in [2.45, 2.75) is 18.9 Å². The van der Waals surface area contributed by atoms with Crippen LogP contribution in [0.4, 0.5) is 0 Å². The van der Waals surface area contributed by atoms with Crippen LogP contribution in [-0.2, 0) is 8.85 Å². The number of nitrogens with zero attached hydrogens (tertiary/aromatic N) is 1. The van der Waals surface area contributed by atoms with Crippen LogP contribution in [0.1, 0.15) is 12.8 Å². The van der Waals surface area contributed by atoms with Gasteiger partial charge in [0.2, 0.25) is 0 Å². The van der Waals surface area contributed by atoms with E-state index in [0.717, 1.165) is 19.1 Å². The van der Waals surface area contributed by atoms with E-state index in [1.54, 1.807) is 14.2 Å². The summed E-state index contributed by atoms with van der Waals surface area (Å²) >= 11 is 0. The van der Waals surface area contributed by atoms with E-state index in [0.29, 0.717) is 0 Å². The van der Waals surface area contributed by atoms with Crippen LogP contribution in [0.3, 0.4) is 0 Å². The Kier molecular flexibility index (Phi) is 7.21. The Hall–Kier alpha value is 0.0569. The molecule has 0 spiro atoms. The van der Waals surface area contributed by atoms with Crippen molar-refractivity contribution in [3.8, 4) is 0 Å². The summed E-state index contributed by atoms with van der Waals surface area (Å²) in [6.45, 7) is 5.93. The van der Waals surface area contributed by atoms with Gasteiger partial charge in [0.1, 0.15) is 0 Å². The topological polar surface area (TPSA) is 33.7 Å². The van der Waals surface area contributed by atoms with Gasteiger partial charge in [-0.25, -0.2) is 0 Å². The molecule has 0 bridgehead atoms. The third kappa shape index (κ3) is 5.63. The fraction of sp³-hybridized carbons (Fsp3) is 1.00. The molecule has 0 saturated carbocycles. The average molecular weight is 232 g/mol. The Bertz CT molecular complexity index is 150. The first-order chi connectivity index (χ1) is 7.36. The summed E-state index contributed by atoms with van der Waals surface area (Å²) in [6.07, 6.45) is 2.51. The van der Waals surface area contributed by atoms with E-state index < -0.39 is 9.28 Å². The van der Waals surface area contributed by atoms with Crippen molar-refractivity contribution in [3.05, 3.63) is 0 Å². The van der Waals surface area contributed by atoms with Crippen molar-refractivity contribution in [3.63, 3.8) is 0 Å². The zero-order valence-electron chi connectivity index (χ0n) is 10.00. The lowest BCUT2D eigenvalue weighted by Gasteiger charge is -2.27. The largest absolute Gasteiger partial charge is 0.400 e. The number of rotatable bonds is 7. The monoisotopic (exact) mass is 232 g/mol. The van der Waals surface area contributed by atoms with Crippen LogP contribution in [0.15, 0.2) is 0 Å². The highest BCUT2D eigenvalue weighted by Crippen LogP contribution is 2.04. The van der Waals surface area contributed by atoms with Gasteiger partial charge in [0.05, 0.1) is 0 Å². The molecule has 1 fully saturated rings. The van der Waals surface area contributed by atoms with Crippen LogP contribution in [-0.4, -0.2) is 61.1 Å². The van der Waals surface area contributed by atoms with Gasteiger partial charge in [0, 0.05) is 40.4 Å². The zero-order chi connectivity index (χ0) is 10.9. The molecule has 90 valence electrons. The minimum absolute atomic E-state index is 1.14. The zero-order valence-corrected chi connectivity index (χ0v) is 11.2. The van der Waals surface area contributed by atoms with Crippen molar-refractivity contribution >= 4 is 9.28 Å². The lowest BCUT2D eigenvalue weighted by atomic mass is 10.3. The number of nitrogens with one attached hydrogen (secondary N) is 1. The molecule has 0 radical (unpaired) electrons. The van der Waals surface area contributed by atoms with Gasteiger partial charge >= 0.3 is 9.28 Å². The van der Waals surface area contributed by atoms with Gasteiger partial charge in [-0.1, -0.05) is 6.42 Å². The van der Waals surface area contributed by atoms with Gasteiger partial charge in [-0.15, -0.1) is 0 Å². The summed E-state index contributed by atoms with van der Waals surface area (Å²) in [6, 6.07) is 1.14. The van der Waals surface area contributed by atoms with Crippen molar-refractivity contribution in [2.24, 2.45) is 0 Å². The number of hydrogen-bond donors (Lipinski definition) is 1. The fourth-order valence-corrected chi connectivity index (χ4v) is 3.20. The van der Waals surface area contributed by atoms with E-state index in [-0.39, 0.29) is 0 Å². The van der Waals surface area contributed by atoms with E-state index in [9.17, 15) is 0 Å². The number of hydrogen-bond acceptors (Lipinski definition) is 4. The molecule has 5 heteroatoms. The molecular formula is C10H24N2O2Si. The first-order valence-corrected chi connectivity index (χ1v) is 7.61. The van der Waals surface area contributed by atoms with Gasteiger partial charge < -0.3 is 19.1 Å². The predicted octanol–water partition coefficient (Wildman–Crippen LogP) is 0.185. The third-order valence-corrected chi connectivity index (χ3v) is 4.83. The summed E-state index contributed by atoms with van der Waals surface area (Å²) in [4.78, 5) is 2.53. The van der Waals surface area contributed by atoms with Crippen LogP contribution >= 0.6 is 0 Å². The molecule has 0 aromatic carbocycles. The molecule has 0 aromatic heterocycles. The SMILES string of the molecule is CO[SiH](CCCCN1CCNCC1)OC. The molecule has 1 heterocycles. The third-order valence-electron chi connectivity index (χ3n) is 2.90. The Morgan fingerprint density at radius 1 is 1.13 bits per heavy atom. The first-order valence-electron chi connectivity index (χ1n) is 5.85. The molecular weight excluding hydrogens is 208 g/mol. The maximum atomic E-state index is 5.28. The van der Waals surface area contributed by atoms with Crippen LogP contribution in [0, 0.1) is 0 Å². The van der Waals surface area contributed by atoms with Gasteiger partial charge in [0.15, 0.2) is 0 Å². The molecule has 4 nitrogen and oxygen atoms in total. The number of piperazine rings is 1. The second-order valence-corrected chi connectivity index (χ2v) is 6.37. The van der Waals surface area contributed by atoms with Gasteiger partial charge in [-0.2, -0.15) is 0 Å². The second kappa shape index (κ2) is 8.24. The van der Waals surface area contributed by atoms with Crippen molar-refractivity contribution < 1.29 is 8.85 Å². The molecule has 0 aliphatic carbocycles. The molecule has 1 N–H and O–H groups in total. The highest BCUT2D eigenvalue weighted by Gasteiger charge is 2.11. The van der Waals surface area contributed by atoms with Gasteiger partial charge in [0.25, 0.3) is 0 Å². The molecule has 1 aliphatic rings. The Morgan fingerprint density at radius 3 is 2.40 bits per heavy atom. The molecule has 0 aromatic rings. The van der Waals surface area contributed by atoms with Crippen LogP contribution in [0.25, 0.3) is 0 Å². The molecule has 1 rings (SSSR count). The maximum Gasteiger partial charge on any atom is 0.320 e. The van der Waals surface area contributed by atoms with Crippen LogP contribution in [0.2, 0.25) is 6.04 Å². The van der Waals surface area contributed by atoms with Gasteiger partial charge in [-0.3, -0.25) is 0 Å². The maximum absolute atomic E-state index is 5.28. The fourth-order valence-electron chi connectivity index (χ4n) is 1.91. The van der Waals surface area contributed by atoms with E-state index >= 15 is 0 Å². The minimum Gasteiger partial charge on any atom is -0.400 e. The minimum atomic E-state index is -1.30. The summed E-state index contributed by atoms with van der Waals surface area (Å²) in [5.41, 5.74) is 0. The van der Waals surface area contributed by atoms with Crippen molar-refractivity contribution in [1.82, 2.24) is 10.2 Å². The van der Waals surface area contributed by atoms with E-state index in [4.69, 9.17) is 8.85 Å². The Labute approximate surface area is 94.8 Å². The smallest absolute Gasteiger partial charge is 0.320 e. The molecule has 15 heavy (non-hydrogen) atoms. The van der Waals surface area contributed by atoms with Gasteiger partial charge in [-0.05, 0) is 19.0 Å². The average Bonchev–Trinajstić information content (AvgIpc) is 2.31. The quantitative estimate of drug-likeness (QED) is 0.502. The molecule has 1 aliphatic heterocycles.